The van der Waals surface area contributed by atoms with Crippen LogP contribution in [-0.2, 0) is 25.7 Å². The first-order chi connectivity index (χ1) is 39.8. The van der Waals surface area contributed by atoms with Gasteiger partial charge in [-0.2, -0.15) is 0 Å². The second kappa shape index (κ2) is 42.7. The van der Waals surface area contributed by atoms with E-state index in [0.29, 0.717) is 0 Å². The third kappa shape index (κ3) is 26.5. The van der Waals surface area contributed by atoms with Crippen LogP contribution < -0.4 is 0 Å². The molecule has 84 heavy (non-hydrogen) atoms. The zero-order valence-electron chi connectivity index (χ0n) is 53.1. The Morgan fingerprint density at radius 3 is 0.560 bits per heavy atom. The third-order valence-corrected chi connectivity index (χ3v) is 14.3. The van der Waals surface area contributed by atoms with Gasteiger partial charge in [0.15, 0.2) is 0 Å². The summed E-state index contributed by atoms with van der Waals surface area (Å²) < 4.78 is 0. The fourth-order valence-electron chi connectivity index (χ4n) is 8.62. The molecule has 11 aromatic rings. The van der Waals surface area contributed by atoms with E-state index in [-0.39, 0.29) is 14.9 Å². The minimum absolute atomic E-state index is 0. The zero-order valence-corrected chi connectivity index (χ0v) is 53.1. The maximum absolute atomic E-state index is 2.30. The second-order valence-electron chi connectivity index (χ2n) is 20.1. The van der Waals surface area contributed by atoms with Crippen LogP contribution in [0.3, 0.4) is 0 Å². The van der Waals surface area contributed by atoms with Crippen LogP contribution in [0.25, 0.3) is 43.8 Å². The van der Waals surface area contributed by atoms with Gasteiger partial charge >= 0.3 is 0 Å². The summed E-state index contributed by atoms with van der Waals surface area (Å²) in [6.07, 6.45) is 4.50. The smallest absolute Gasteiger partial charge is 0.0178 e. The van der Waals surface area contributed by atoms with E-state index in [9.17, 15) is 0 Å². The van der Waals surface area contributed by atoms with Crippen molar-refractivity contribution >= 4 is 21.5 Å². The van der Waals surface area contributed by atoms with Crippen LogP contribution in [0.2, 0.25) is 0 Å². The van der Waals surface area contributed by atoms with E-state index < -0.39 is 0 Å². The highest BCUT2D eigenvalue weighted by atomic mass is 14.1. The van der Waals surface area contributed by atoms with E-state index in [0.717, 1.165) is 25.7 Å². The van der Waals surface area contributed by atoms with E-state index in [1.807, 2.05) is 64.1 Å². The van der Waals surface area contributed by atoms with Gasteiger partial charge in [-0.15, -0.1) is 0 Å². The SMILES string of the molecule is C.C.CC.CC.CCc1ccc(-c2ccc(CC)cc2)cc1.CCc1ccc(CC)cc1.Cc1cc(-c2cc(C)c(C)c(C)c2)cc(C)c1C.Cc1ccccc1.Cc1ccccc1.c1ccc2ccccc2c1.c1ccc2ccccc2c1. The lowest BCUT2D eigenvalue weighted by molar-refractivity contribution is 1.10. The molecule has 0 atom stereocenters. The number of rotatable bonds is 6. The fourth-order valence-corrected chi connectivity index (χ4v) is 8.62. The standard InChI is InChI=1S/C18H22.C16H18.2C10H8.C10H14.2C7H8.2C2H6.2CH4/c1-11-7-17(8-12(2)15(11)5)18-9-13(3)16(6)14(4)10-18;1-3-13-5-9-15(10-6-13)16-11-7-14(4-2)8-12-16;2*1-2-6-10-8-4-3-7-9(10)5-1;1-3-9-5-7-10(4-2)8-6-9;2*1-7-5-3-2-4-6-7;2*1-2;;/h7-10H,1-6H3;5-12H,3-4H2,1-2H3;2*1-8H;5-8H,3-4H2,1-2H3;2*2-6H,1H3;2*1-2H3;2*1H4. The van der Waals surface area contributed by atoms with Crippen molar-refractivity contribution in [1.82, 2.24) is 0 Å². The van der Waals surface area contributed by atoms with Gasteiger partial charge in [0.1, 0.15) is 0 Å². The predicted octanol–water partition coefficient (Wildman–Crippen LogP) is 25.5. The number of aryl methyl sites for hydroxylation is 10. The molecule has 442 valence electrons. The Morgan fingerprint density at radius 1 is 0.214 bits per heavy atom. The number of benzene rings is 11. The molecule has 0 aliphatic rings. The summed E-state index contributed by atoms with van der Waals surface area (Å²) in [6.45, 7) is 34.1. The molecule has 0 aliphatic carbocycles. The summed E-state index contributed by atoms with van der Waals surface area (Å²) in [6, 6.07) is 89.6. The first kappa shape index (κ1) is 74.0. The molecule has 0 spiro atoms. The minimum atomic E-state index is 0. The normalized spacial score (nSPS) is 9.43. The monoisotopic (exact) mass is 1110 g/mol. The van der Waals surface area contributed by atoms with Crippen LogP contribution in [0.5, 0.6) is 0 Å². The Kier molecular flexibility index (Phi) is 37.6. The van der Waals surface area contributed by atoms with Crippen molar-refractivity contribution in [3.8, 4) is 22.3 Å². The van der Waals surface area contributed by atoms with Crippen molar-refractivity contribution in [1.29, 1.82) is 0 Å². The zero-order chi connectivity index (χ0) is 60.1. The van der Waals surface area contributed by atoms with E-state index in [4.69, 9.17) is 0 Å². The van der Waals surface area contributed by atoms with Crippen molar-refractivity contribution in [2.75, 3.05) is 0 Å². The second-order valence-corrected chi connectivity index (χ2v) is 20.1. The van der Waals surface area contributed by atoms with Crippen molar-refractivity contribution in [2.24, 2.45) is 0 Å². The number of hydrogen-bond acceptors (Lipinski definition) is 0. The Morgan fingerprint density at radius 2 is 0.393 bits per heavy atom. The average Bonchev–Trinajstić information content (AvgIpc) is 3.72. The Bertz CT molecular complexity index is 3010. The molecule has 0 N–H and O–H groups in total. The van der Waals surface area contributed by atoms with E-state index in [2.05, 4.69) is 301 Å². The van der Waals surface area contributed by atoms with Gasteiger partial charge in [0.05, 0.1) is 0 Å². The van der Waals surface area contributed by atoms with Gasteiger partial charge in [-0.25, -0.2) is 0 Å². The molecule has 0 saturated carbocycles. The topological polar surface area (TPSA) is 0 Å². The lowest BCUT2D eigenvalue weighted by Gasteiger charge is -2.12. The van der Waals surface area contributed by atoms with E-state index in [1.54, 1.807) is 0 Å². The largest absolute Gasteiger partial charge is 0.0776 e. The van der Waals surface area contributed by atoms with Crippen molar-refractivity contribution in [3.05, 3.63) is 322 Å². The number of fused-ring (bicyclic) bond motifs is 2. The molecular formula is C84H106. The quantitative estimate of drug-likeness (QED) is 0.156. The predicted molar refractivity (Wildman–Crippen MR) is 383 cm³/mol. The molecule has 0 aliphatic heterocycles. The lowest BCUT2D eigenvalue weighted by Crippen LogP contribution is -1.92. The van der Waals surface area contributed by atoms with Crippen molar-refractivity contribution in [3.63, 3.8) is 0 Å². The minimum Gasteiger partial charge on any atom is -0.0776 e. The average molecular weight is 1120 g/mol. The maximum atomic E-state index is 2.30. The first-order valence-electron chi connectivity index (χ1n) is 30.1. The van der Waals surface area contributed by atoms with Gasteiger partial charge in [0.2, 0.25) is 0 Å². The summed E-state index contributed by atoms with van der Waals surface area (Å²) in [5.41, 5.74) is 21.9. The molecular weight excluding hydrogens is 1010 g/mol. The first-order valence-corrected chi connectivity index (χ1v) is 30.1. The van der Waals surface area contributed by atoms with Crippen LogP contribution in [0.4, 0.5) is 0 Å². The van der Waals surface area contributed by atoms with Gasteiger partial charge in [-0.05, 0) is 181 Å². The van der Waals surface area contributed by atoms with Crippen LogP contribution in [0.1, 0.15) is 137 Å². The highest BCUT2D eigenvalue weighted by Gasteiger charge is 2.07. The van der Waals surface area contributed by atoms with E-state index in [1.165, 1.54) is 111 Å². The summed E-state index contributed by atoms with van der Waals surface area (Å²) in [4.78, 5) is 0. The summed E-state index contributed by atoms with van der Waals surface area (Å²) in [5, 5.41) is 5.24. The van der Waals surface area contributed by atoms with Crippen molar-refractivity contribution < 1.29 is 0 Å². The highest BCUT2D eigenvalue weighted by molar-refractivity contribution is 5.82. The molecule has 0 amide bonds. The molecule has 0 unspecified atom stereocenters. The lowest BCUT2D eigenvalue weighted by atomic mass is 9.93. The van der Waals surface area contributed by atoms with Gasteiger partial charge in [0.25, 0.3) is 0 Å². The number of hydrogen-bond donors (Lipinski definition) is 0. The van der Waals surface area contributed by atoms with Crippen molar-refractivity contribution in [2.45, 2.75) is 151 Å². The Labute approximate surface area is 513 Å². The van der Waals surface area contributed by atoms with Gasteiger partial charge in [0, 0.05) is 0 Å². The maximum Gasteiger partial charge on any atom is -0.0178 e. The van der Waals surface area contributed by atoms with Gasteiger partial charge in [-0.1, -0.05) is 336 Å². The summed E-state index contributed by atoms with van der Waals surface area (Å²) in [7, 11) is 0. The highest BCUT2D eigenvalue weighted by Crippen LogP contribution is 2.28. The third-order valence-electron chi connectivity index (χ3n) is 14.3. The van der Waals surface area contributed by atoms with Crippen LogP contribution >= 0.6 is 0 Å². The van der Waals surface area contributed by atoms with Crippen LogP contribution in [-0.4, -0.2) is 0 Å². The molecule has 0 fully saturated rings. The molecule has 0 aromatic heterocycles. The van der Waals surface area contributed by atoms with Gasteiger partial charge in [-0.3, -0.25) is 0 Å². The van der Waals surface area contributed by atoms with Crippen LogP contribution in [0.15, 0.2) is 255 Å². The molecule has 11 aromatic carbocycles. The molecule has 0 bridgehead atoms. The molecule has 11 rings (SSSR count). The Balaban J connectivity index is 0.000000494. The molecule has 0 heterocycles. The van der Waals surface area contributed by atoms with E-state index >= 15 is 0 Å². The van der Waals surface area contributed by atoms with Gasteiger partial charge < -0.3 is 0 Å². The van der Waals surface area contributed by atoms with Crippen LogP contribution in [0, 0.1) is 55.4 Å². The summed E-state index contributed by atoms with van der Waals surface area (Å²) in [5.74, 6) is 0. The molecule has 0 nitrogen and oxygen atoms in total. The molecule has 0 saturated heterocycles. The Hall–Kier alpha value is -8.06. The fraction of sp³-hybridized carbons (Fsp3) is 0.262. The molecule has 0 radical (unpaired) electrons. The molecule has 0 heteroatoms. The summed E-state index contributed by atoms with van der Waals surface area (Å²) >= 11 is 0.